The van der Waals surface area contributed by atoms with E-state index < -0.39 is 25.7 Å². The van der Waals surface area contributed by atoms with Crippen molar-refractivity contribution in [2.45, 2.75) is 18.9 Å². The minimum Gasteiger partial charge on any atom is -0.370 e. The monoisotopic (exact) mass is 226 g/mol. The number of primary amides is 1. The first-order chi connectivity index (χ1) is 6.22. The highest BCUT2D eigenvalue weighted by molar-refractivity contribution is 7.46. The average Bonchev–Trinajstić information content (AvgIpc) is 1.96. The normalized spacial score (nSPS) is 13.4. The molecule has 0 fully saturated rings. The van der Waals surface area contributed by atoms with E-state index in [0.29, 0.717) is 0 Å². The summed E-state index contributed by atoms with van der Waals surface area (Å²) in [6.07, 6.45) is -0.272. The lowest BCUT2D eigenvalue weighted by molar-refractivity contribution is -0.137. The molecule has 1 atom stereocenters. The molecule has 6 N–H and O–H groups in total. The number of carbonyl (C=O) groups excluding carboxylic acids is 2. The zero-order valence-corrected chi connectivity index (χ0v) is 8.02. The Morgan fingerprint density at radius 3 is 2.29 bits per heavy atom. The summed E-state index contributed by atoms with van der Waals surface area (Å²) in [6.45, 7) is 0. The molecule has 0 aromatic heterocycles. The highest BCUT2D eigenvalue weighted by atomic mass is 31.2. The van der Waals surface area contributed by atoms with E-state index >= 15 is 0 Å². The topological polar surface area (TPSA) is 153 Å². The van der Waals surface area contributed by atoms with Gasteiger partial charge >= 0.3 is 13.8 Å². The first-order valence-electron chi connectivity index (χ1n) is 3.55. The second kappa shape index (κ2) is 5.06. The molecule has 9 heteroatoms. The van der Waals surface area contributed by atoms with E-state index in [-0.39, 0.29) is 12.8 Å². The molecule has 0 bridgehead atoms. The minimum atomic E-state index is -4.87. The van der Waals surface area contributed by atoms with Gasteiger partial charge in [0.05, 0.1) is 0 Å². The summed E-state index contributed by atoms with van der Waals surface area (Å²) in [5, 5.41) is 0. The van der Waals surface area contributed by atoms with Crippen LogP contribution in [0.1, 0.15) is 12.8 Å². The number of phosphoric ester groups is 1. The highest BCUT2D eigenvalue weighted by Crippen LogP contribution is 2.36. The molecule has 1 amide bonds. The molecule has 0 heterocycles. The minimum absolute atomic E-state index is 0.117. The third-order valence-corrected chi connectivity index (χ3v) is 1.63. The maximum absolute atomic E-state index is 10.8. The van der Waals surface area contributed by atoms with Crippen molar-refractivity contribution in [3.05, 3.63) is 0 Å². The van der Waals surface area contributed by atoms with Crippen molar-refractivity contribution in [1.29, 1.82) is 0 Å². The van der Waals surface area contributed by atoms with Crippen LogP contribution in [-0.4, -0.2) is 27.7 Å². The summed E-state index contributed by atoms with van der Waals surface area (Å²) < 4.78 is 13.9. The standard InChI is InChI=1S/C5H11N2O6P/c6-3(1-2-4(7)8)5(9)13-14(10,11)12/h3H,1-2,6H2,(H2,7,8)(H2,10,11,12). The number of hydrogen-bond donors (Lipinski definition) is 4. The Morgan fingerprint density at radius 1 is 1.43 bits per heavy atom. The van der Waals surface area contributed by atoms with Gasteiger partial charge < -0.3 is 16.0 Å². The van der Waals surface area contributed by atoms with E-state index in [0.717, 1.165) is 0 Å². The number of rotatable bonds is 5. The van der Waals surface area contributed by atoms with Crippen LogP contribution >= 0.6 is 7.82 Å². The second-order valence-electron chi connectivity index (χ2n) is 2.51. The molecule has 0 saturated carbocycles. The molecule has 0 aliphatic rings. The Hall–Kier alpha value is -0.950. The van der Waals surface area contributed by atoms with Crippen molar-refractivity contribution in [2.24, 2.45) is 11.5 Å². The molecule has 0 aromatic carbocycles. The first-order valence-corrected chi connectivity index (χ1v) is 5.08. The fraction of sp³-hybridized carbons (Fsp3) is 0.600. The zero-order valence-electron chi connectivity index (χ0n) is 7.12. The van der Waals surface area contributed by atoms with Crippen LogP contribution in [0.15, 0.2) is 0 Å². The molecule has 0 saturated heterocycles. The molecule has 0 rings (SSSR count). The molecule has 0 aliphatic heterocycles. The van der Waals surface area contributed by atoms with Gasteiger partial charge in [-0.1, -0.05) is 0 Å². The van der Waals surface area contributed by atoms with E-state index in [2.05, 4.69) is 4.52 Å². The molecule has 8 nitrogen and oxygen atoms in total. The summed E-state index contributed by atoms with van der Waals surface area (Å²) in [4.78, 5) is 37.5. The van der Waals surface area contributed by atoms with Crippen molar-refractivity contribution in [3.8, 4) is 0 Å². The van der Waals surface area contributed by atoms with Gasteiger partial charge in [0.1, 0.15) is 6.04 Å². The van der Waals surface area contributed by atoms with Gasteiger partial charge in [-0.25, -0.2) is 9.36 Å². The first kappa shape index (κ1) is 13.1. The largest absolute Gasteiger partial charge is 0.527 e. The maximum atomic E-state index is 10.8. The molecule has 1 unspecified atom stereocenters. The van der Waals surface area contributed by atoms with Crippen LogP contribution in [0.3, 0.4) is 0 Å². The van der Waals surface area contributed by atoms with E-state index in [1.54, 1.807) is 0 Å². The lowest BCUT2D eigenvalue weighted by Crippen LogP contribution is -2.32. The van der Waals surface area contributed by atoms with E-state index in [9.17, 15) is 14.2 Å². The Morgan fingerprint density at radius 2 is 1.93 bits per heavy atom. The number of carbonyl (C=O) groups is 2. The number of phosphoric acid groups is 1. The molecular weight excluding hydrogens is 215 g/mol. The van der Waals surface area contributed by atoms with Crippen LogP contribution < -0.4 is 11.5 Å². The summed E-state index contributed by atoms with van der Waals surface area (Å²) in [6, 6.07) is -1.27. The number of hydrogen-bond acceptors (Lipinski definition) is 5. The number of nitrogens with two attached hydrogens (primary N) is 2. The Balaban J connectivity index is 4.01. The van der Waals surface area contributed by atoms with Crippen LogP contribution in [-0.2, 0) is 18.7 Å². The van der Waals surface area contributed by atoms with Crippen LogP contribution in [0.25, 0.3) is 0 Å². The van der Waals surface area contributed by atoms with Gasteiger partial charge in [-0.2, -0.15) is 0 Å². The van der Waals surface area contributed by atoms with Crippen LogP contribution in [0.5, 0.6) is 0 Å². The highest BCUT2D eigenvalue weighted by Gasteiger charge is 2.25. The SMILES string of the molecule is NC(=O)CCC(N)C(=O)OP(=O)(O)O. The van der Waals surface area contributed by atoms with E-state index in [1.165, 1.54) is 0 Å². The van der Waals surface area contributed by atoms with Gasteiger partial charge in [-0.15, -0.1) is 0 Å². The van der Waals surface area contributed by atoms with Crippen molar-refractivity contribution in [2.75, 3.05) is 0 Å². The molecule has 82 valence electrons. The smallest absolute Gasteiger partial charge is 0.370 e. The molecular formula is C5H11N2O6P. The van der Waals surface area contributed by atoms with Crippen molar-refractivity contribution < 1.29 is 28.5 Å². The molecule has 0 spiro atoms. The summed E-state index contributed by atoms with van der Waals surface area (Å²) >= 11 is 0. The Labute approximate surface area is 79.5 Å². The van der Waals surface area contributed by atoms with E-state index in [4.69, 9.17) is 21.3 Å². The predicted molar refractivity (Wildman–Crippen MR) is 44.5 cm³/mol. The molecule has 14 heavy (non-hydrogen) atoms. The summed E-state index contributed by atoms with van der Waals surface area (Å²) in [5.41, 5.74) is 9.92. The lowest BCUT2D eigenvalue weighted by Gasteiger charge is -2.10. The van der Waals surface area contributed by atoms with Gasteiger partial charge in [0, 0.05) is 6.42 Å². The molecule has 0 aliphatic carbocycles. The summed E-state index contributed by atoms with van der Waals surface area (Å²) in [5.74, 6) is -1.93. The fourth-order valence-electron chi connectivity index (χ4n) is 0.601. The van der Waals surface area contributed by atoms with Gasteiger partial charge in [0.15, 0.2) is 0 Å². The predicted octanol–water partition coefficient (Wildman–Crippen LogP) is -1.78. The lowest BCUT2D eigenvalue weighted by atomic mass is 10.2. The van der Waals surface area contributed by atoms with Crippen LogP contribution in [0, 0.1) is 0 Å². The van der Waals surface area contributed by atoms with Gasteiger partial charge in [-0.05, 0) is 6.42 Å². The third kappa shape index (κ3) is 6.55. The van der Waals surface area contributed by atoms with Crippen LogP contribution in [0.4, 0.5) is 0 Å². The van der Waals surface area contributed by atoms with Crippen molar-refractivity contribution in [3.63, 3.8) is 0 Å². The second-order valence-corrected chi connectivity index (χ2v) is 3.68. The van der Waals surface area contributed by atoms with Gasteiger partial charge in [0.25, 0.3) is 0 Å². The fourth-order valence-corrected chi connectivity index (χ4v) is 0.970. The number of amides is 1. The van der Waals surface area contributed by atoms with Gasteiger partial charge in [0.2, 0.25) is 5.91 Å². The Kier molecular flexibility index (Phi) is 4.72. The van der Waals surface area contributed by atoms with Crippen molar-refractivity contribution >= 4 is 19.7 Å². The van der Waals surface area contributed by atoms with Crippen molar-refractivity contribution in [1.82, 2.24) is 0 Å². The molecule has 0 radical (unpaired) electrons. The van der Waals surface area contributed by atoms with Gasteiger partial charge in [-0.3, -0.25) is 14.6 Å². The zero-order chi connectivity index (χ0) is 11.4. The molecule has 0 aromatic rings. The summed E-state index contributed by atoms with van der Waals surface area (Å²) in [7, 11) is -4.87. The van der Waals surface area contributed by atoms with E-state index in [1.807, 2.05) is 0 Å². The maximum Gasteiger partial charge on any atom is 0.527 e. The third-order valence-electron chi connectivity index (χ3n) is 1.21. The average molecular weight is 226 g/mol. The quantitative estimate of drug-likeness (QED) is 0.404. The Bertz CT molecular complexity index is 273. The van der Waals surface area contributed by atoms with Crippen LogP contribution in [0.2, 0.25) is 0 Å².